The lowest BCUT2D eigenvalue weighted by atomic mass is 10.2. The first-order chi connectivity index (χ1) is 14.2. The van der Waals surface area contributed by atoms with Crippen LogP contribution in [0.3, 0.4) is 0 Å². The molecule has 154 valence electrons. The highest BCUT2D eigenvalue weighted by molar-refractivity contribution is 5.94. The number of nitrogens with one attached hydrogen (secondary N) is 1. The van der Waals surface area contributed by atoms with Crippen LogP contribution in [0.25, 0.3) is 5.65 Å². The van der Waals surface area contributed by atoms with Gasteiger partial charge in [0, 0.05) is 51.3 Å². The maximum absolute atomic E-state index is 12.7. The van der Waals surface area contributed by atoms with Crippen molar-refractivity contribution in [3.63, 3.8) is 0 Å². The molecule has 0 spiro atoms. The van der Waals surface area contributed by atoms with Crippen LogP contribution in [0.1, 0.15) is 35.6 Å². The zero-order valence-corrected chi connectivity index (χ0v) is 17.4. The van der Waals surface area contributed by atoms with Gasteiger partial charge in [-0.1, -0.05) is 13.0 Å². The molecule has 0 radical (unpaired) electrons. The molecule has 3 rings (SSSR count). The third kappa shape index (κ3) is 4.92. The molecule has 0 aromatic carbocycles. The standard InChI is InChI=1S/C22H29N5O2/c1-4-19-22(26(5-2)14-15-29-3)27-16-17(9-10-20(27)25-19)21(28)24-13-11-18-8-6-7-12-23-18/h6-10,12,16H,4-5,11,13-15H2,1-3H3,(H,24,28). The number of aromatic nitrogens is 3. The molecule has 3 aromatic heterocycles. The van der Waals surface area contributed by atoms with Crippen molar-refractivity contribution in [3.8, 4) is 0 Å². The van der Waals surface area contributed by atoms with E-state index in [1.165, 1.54) is 0 Å². The van der Waals surface area contributed by atoms with Crippen LogP contribution in [0, 0.1) is 0 Å². The molecule has 3 heterocycles. The first kappa shape index (κ1) is 20.8. The molecule has 0 unspecified atom stereocenters. The fourth-order valence-corrected chi connectivity index (χ4v) is 3.35. The number of carbonyl (C=O) groups is 1. The number of likely N-dealkylation sites (N-methyl/N-ethyl adjacent to an activating group) is 1. The molecule has 0 fully saturated rings. The van der Waals surface area contributed by atoms with Gasteiger partial charge in [-0.3, -0.25) is 14.2 Å². The van der Waals surface area contributed by atoms with Crippen molar-refractivity contribution in [3.05, 3.63) is 59.7 Å². The summed E-state index contributed by atoms with van der Waals surface area (Å²) in [6.45, 7) is 7.00. The summed E-state index contributed by atoms with van der Waals surface area (Å²) in [6, 6.07) is 9.53. The van der Waals surface area contributed by atoms with Crippen molar-refractivity contribution in [1.29, 1.82) is 0 Å². The van der Waals surface area contributed by atoms with Gasteiger partial charge in [0.05, 0.1) is 17.9 Å². The largest absolute Gasteiger partial charge is 0.383 e. The van der Waals surface area contributed by atoms with E-state index in [9.17, 15) is 4.79 Å². The number of fused-ring (bicyclic) bond motifs is 1. The number of hydrogen-bond donors (Lipinski definition) is 1. The molecule has 0 saturated heterocycles. The normalized spacial score (nSPS) is 11.0. The second-order valence-corrected chi connectivity index (χ2v) is 6.78. The number of nitrogens with zero attached hydrogens (tertiary/aromatic N) is 4. The lowest BCUT2D eigenvalue weighted by Gasteiger charge is -2.23. The summed E-state index contributed by atoms with van der Waals surface area (Å²) >= 11 is 0. The number of carbonyl (C=O) groups excluding carboxylic acids is 1. The number of aryl methyl sites for hydroxylation is 1. The third-order valence-electron chi connectivity index (χ3n) is 4.90. The van der Waals surface area contributed by atoms with E-state index >= 15 is 0 Å². The van der Waals surface area contributed by atoms with E-state index in [2.05, 4.69) is 29.0 Å². The number of imidazole rings is 1. The molecule has 7 heteroatoms. The van der Waals surface area contributed by atoms with Gasteiger partial charge in [0.2, 0.25) is 0 Å². The minimum atomic E-state index is -0.0968. The summed E-state index contributed by atoms with van der Waals surface area (Å²) in [5, 5.41) is 2.98. The van der Waals surface area contributed by atoms with E-state index in [1.54, 1.807) is 13.3 Å². The van der Waals surface area contributed by atoms with Crippen LogP contribution in [0.15, 0.2) is 42.7 Å². The Bertz CT molecular complexity index is 939. The van der Waals surface area contributed by atoms with Crippen molar-refractivity contribution < 1.29 is 9.53 Å². The fourth-order valence-electron chi connectivity index (χ4n) is 3.35. The monoisotopic (exact) mass is 395 g/mol. The third-order valence-corrected chi connectivity index (χ3v) is 4.90. The van der Waals surface area contributed by atoms with Crippen molar-refractivity contribution in [1.82, 2.24) is 19.7 Å². The first-order valence-electron chi connectivity index (χ1n) is 10.1. The fraction of sp³-hybridized carbons (Fsp3) is 0.409. The van der Waals surface area contributed by atoms with Crippen molar-refractivity contribution in [2.24, 2.45) is 0 Å². The van der Waals surface area contributed by atoms with Gasteiger partial charge in [0.25, 0.3) is 5.91 Å². The summed E-state index contributed by atoms with van der Waals surface area (Å²) < 4.78 is 7.28. The minimum Gasteiger partial charge on any atom is -0.383 e. The zero-order chi connectivity index (χ0) is 20.6. The Morgan fingerprint density at radius 1 is 1.24 bits per heavy atom. The Morgan fingerprint density at radius 2 is 2.10 bits per heavy atom. The van der Waals surface area contributed by atoms with Crippen LogP contribution >= 0.6 is 0 Å². The maximum Gasteiger partial charge on any atom is 0.252 e. The van der Waals surface area contributed by atoms with Crippen LogP contribution in [-0.2, 0) is 17.6 Å². The smallest absolute Gasteiger partial charge is 0.252 e. The van der Waals surface area contributed by atoms with E-state index < -0.39 is 0 Å². The summed E-state index contributed by atoms with van der Waals surface area (Å²) in [6.07, 6.45) is 5.17. The molecule has 0 atom stereocenters. The zero-order valence-electron chi connectivity index (χ0n) is 17.4. The van der Waals surface area contributed by atoms with Gasteiger partial charge < -0.3 is 15.0 Å². The second-order valence-electron chi connectivity index (χ2n) is 6.78. The molecule has 7 nitrogen and oxygen atoms in total. The predicted octanol–water partition coefficient (Wildman–Crippen LogP) is 2.74. The molecule has 1 N–H and O–H groups in total. The highest BCUT2D eigenvalue weighted by Gasteiger charge is 2.18. The highest BCUT2D eigenvalue weighted by atomic mass is 16.5. The van der Waals surface area contributed by atoms with Gasteiger partial charge in [-0.05, 0) is 37.6 Å². The van der Waals surface area contributed by atoms with Gasteiger partial charge in [-0.15, -0.1) is 0 Å². The van der Waals surface area contributed by atoms with Crippen LogP contribution in [0.2, 0.25) is 0 Å². The lowest BCUT2D eigenvalue weighted by Crippen LogP contribution is -2.29. The van der Waals surface area contributed by atoms with Crippen LogP contribution in [0.5, 0.6) is 0 Å². The number of ether oxygens (including phenoxy) is 1. The molecule has 0 saturated carbocycles. The van der Waals surface area contributed by atoms with Crippen LogP contribution < -0.4 is 10.2 Å². The Hall–Kier alpha value is -2.93. The quantitative estimate of drug-likeness (QED) is 0.572. The molecular weight excluding hydrogens is 366 g/mol. The van der Waals surface area contributed by atoms with Crippen LogP contribution in [0.4, 0.5) is 5.82 Å². The summed E-state index contributed by atoms with van der Waals surface area (Å²) in [4.78, 5) is 24.0. The second kappa shape index (κ2) is 10.0. The molecule has 0 aliphatic carbocycles. The number of pyridine rings is 2. The average molecular weight is 396 g/mol. The highest BCUT2D eigenvalue weighted by Crippen LogP contribution is 2.24. The number of hydrogen-bond acceptors (Lipinski definition) is 5. The number of rotatable bonds is 10. The van der Waals surface area contributed by atoms with Crippen molar-refractivity contribution in [2.75, 3.05) is 38.3 Å². The van der Waals surface area contributed by atoms with Gasteiger partial charge in [-0.2, -0.15) is 0 Å². The van der Waals surface area contributed by atoms with E-state index in [4.69, 9.17) is 9.72 Å². The molecule has 0 bridgehead atoms. The maximum atomic E-state index is 12.7. The number of anilines is 1. The Kier molecular flexibility index (Phi) is 7.19. The molecule has 1 amide bonds. The Morgan fingerprint density at radius 3 is 2.79 bits per heavy atom. The van der Waals surface area contributed by atoms with E-state index in [0.717, 1.165) is 42.4 Å². The predicted molar refractivity (Wildman–Crippen MR) is 115 cm³/mol. The molecule has 0 aliphatic heterocycles. The summed E-state index contributed by atoms with van der Waals surface area (Å²) in [7, 11) is 1.70. The molecule has 29 heavy (non-hydrogen) atoms. The summed E-state index contributed by atoms with van der Waals surface area (Å²) in [5.74, 6) is 0.936. The van der Waals surface area contributed by atoms with E-state index in [0.29, 0.717) is 25.1 Å². The minimum absolute atomic E-state index is 0.0968. The van der Waals surface area contributed by atoms with E-state index in [1.807, 2.05) is 40.9 Å². The SMILES string of the molecule is CCc1nc2ccc(C(=O)NCCc3ccccn3)cn2c1N(CC)CCOC. The number of methoxy groups -OCH3 is 1. The average Bonchev–Trinajstić information content (AvgIpc) is 3.13. The lowest BCUT2D eigenvalue weighted by molar-refractivity contribution is 0.0953. The van der Waals surface area contributed by atoms with Crippen molar-refractivity contribution in [2.45, 2.75) is 26.7 Å². The topological polar surface area (TPSA) is 71.8 Å². The molecular formula is C22H29N5O2. The van der Waals surface area contributed by atoms with E-state index in [-0.39, 0.29) is 5.91 Å². The summed E-state index contributed by atoms with van der Waals surface area (Å²) in [5.41, 5.74) is 3.44. The van der Waals surface area contributed by atoms with Gasteiger partial charge >= 0.3 is 0 Å². The Balaban J connectivity index is 1.80. The van der Waals surface area contributed by atoms with Crippen molar-refractivity contribution >= 4 is 17.4 Å². The van der Waals surface area contributed by atoms with Gasteiger partial charge in [0.15, 0.2) is 0 Å². The Labute approximate surface area is 171 Å². The first-order valence-corrected chi connectivity index (χ1v) is 10.1. The van der Waals surface area contributed by atoms with Gasteiger partial charge in [-0.25, -0.2) is 4.98 Å². The number of amides is 1. The van der Waals surface area contributed by atoms with Crippen LogP contribution in [-0.4, -0.2) is 53.6 Å². The molecule has 0 aliphatic rings. The van der Waals surface area contributed by atoms with Gasteiger partial charge in [0.1, 0.15) is 11.5 Å². The molecule has 3 aromatic rings.